The summed E-state index contributed by atoms with van der Waals surface area (Å²) in [5.74, 6) is 0.510. The summed E-state index contributed by atoms with van der Waals surface area (Å²) in [7, 11) is 0. The van der Waals surface area contributed by atoms with Crippen LogP contribution in [0.2, 0.25) is 0 Å². The average molecular weight is 219 g/mol. The van der Waals surface area contributed by atoms with Gasteiger partial charge in [-0.2, -0.15) is 5.10 Å². The summed E-state index contributed by atoms with van der Waals surface area (Å²) < 4.78 is 13.0. The molecule has 0 fully saturated rings. The zero-order valence-corrected chi connectivity index (χ0v) is 9.20. The second-order valence-electron chi connectivity index (χ2n) is 3.20. The predicted molar refractivity (Wildman–Crippen MR) is 60.2 cm³/mol. The Balaban J connectivity index is 2.38. The maximum absolute atomic E-state index is 11.2. The van der Waals surface area contributed by atoms with Gasteiger partial charge < -0.3 is 4.55 Å². The lowest BCUT2D eigenvalue weighted by atomic mass is 10.2. The highest BCUT2D eigenvalue weighted by molar-refractivity contribution is 7.89. The average Bonchev–Trinajstić information content (AvgIpc) is 2.70. The Morgan fingerprint density at radius 2 is 2.40 bits per heavy atom. The summed E-state index contributed by atoms with van der Waals surface area (Å²) in [6, 6.07) is 10.6. The first-order valence-electron chi connectivity index (χ1n) is 4.57. The number of aromatic nitrogens is 2. The number of rotatable bonds is 3. The van der Waals surface area contributed by atoms with E-state index in [1.165, 1.54) is 0 Å². The molecule has 1 heterocycles. The lowest BCUT2D eigenvalue weighted by Crippen LogP contribution is -2.06. The molecule has 15 heavy (non-hydrogen) atoms. The van der Waals surface area contributed by atoms with Gasteiger partial charge in [-0.3, -0.25) is 0 Å². The Morgan fingerprint density at radius 1 is 1.53 bits per heavy atom. The molecule has 1 atom stereocenters. The molecule has 1 unspecified atom stereocenters. The largest absolute Gasteiger partial charge is 0.616 e. The molecule has 0 aliphatic carbocycles. The molecule has 0 aliphatic rings. The summed E-state index contributed by atoms with van der Waals surface area (Å²) in [4.78, 5) is 0. The molecule has 0 bridgehead atoms. The molecule has 0 amide bonds. The van der Waals surface area contributed by atoms with E-state index in [1.54, 1.807) is 17.1 Å². The lowest BCUT2D eigenvalue weighted by molar-refractivity contribution is 0.600. The molecule has 77 valence electrons. The van der Waals surface area contributed by atoms with Crippen LogP contribution in [0.5, 0.6) is 0 Å². The molecule has 1 aromatic heterocycles. The van der Waals surface area contributed by atoms with Crippen molar-refractivity contribution in [2.24, 2.45) is 0 Å². The quantitative estimate of drug-likeness (QED) is 0.735. The maximum Gasteiger partial charge on any atom is 0.133 e. The number of benzene rings is 1. The van der Waals surface area contributed by atoms with E-state index in [2.05, 4.69) is 11.2 Å². The van der Waals surface area contributed by atoms with Crippen LogP contribution >= 0.6 is 0 Å². The van der Waals surface area contributed by atoms with E-state index in [9.17, 15) is 4.55 Å². The number of nitrogens with zero attached hydrogens (tertiary/aromatic N) is 2. The van der Waals surface area contributed by atoms with E-state index in [1.807, 2.05) is 30.5 Å². The molecule has 0 saturated carbocycles. The Bertz CT molecular complexity index is 426. The van der Waals surface area contributed by atoms with Crippen molar-refractivity contribution >= 4 is 11.2 Å². The maximum atomic E-state index is 11.2. The molecule has 1 aromatic carbocycles. The summed E-state index contributed by atoms with van der Waals surface area (Å²) >= 11 is -0.861. The highest BCUT2D eigenvalue weighted by Gasteiger charge is 2.08. The number of hydrogen-bond acceptors (Lipinski definition) is 2. The van der Waals surface area contributed by atoms with Gasteiger partial charge in [-0.1, -0.05) is 23.3 Å². The molecule has 0 spiro atoms. The van der Waals surface area contributed by atoms with Crippen molar-refractivity contribution in [3.8, 4) is 5.69 Å². The van der Waals surface area contributed by atoms with Gasteiger partial charge >= 0.3 is 0 Å². The van der Waals surface area contributed by atoms with Gasteiger partial charge in [0.25, 0.3) is 0 Å². The van der Waals surface area contributed by atoms with Crippen molar-refractivity contribution in [1.82, 2.24) is 9.78 Å². The van der Waals surface area contributed by atoms with Crippen molar-refractivity contribution in [2.45, 2.75) is 5.75 Å². The standard InChI is InChI=1S/C11H11N2OS/c1-15(14)9-10-5-2-3-6-11(10)13-8-4-7-12-13/h2-4,6-8H,9H2,1H3. The molecule has 0 N–H and O–H groups in total. The third kappa shape index (κ3) is 2.40. The molecular formula is C11H11N2OS. The van der Waals surface area contributed by atoms with Crippen molar-refractivity contribution in [1.29, 1.82) is 0 Å². The molecular weight excluding hydrogens is 208 g/mol. The van der Waals surface area contributed by atoms with Crippen LogP contribution in [0, 0.1) is 6.07 Å². The Morgan fingerprint density at radius 3 is 3.07 bits per heavy atom. The van der Waals surface area contributed by atoms with Gasteiger partial charge in [0.05, 0.1) is 11.9 Å². The Hall–Kier alpha value is -1.26. The van der Waals surface area contributed by atoms with E-state index in [-0.39, 0.29) is 0 Å². The zero-order valence-electron chi connectivity index (χ0n) is 8.38. The fraction of sp³-hybridized carbons (Fsp3) is 0.182. The SMILES string of the molecule is C[S+]([O-])Cc1[c]cccc1-n1cccn1. The van der Waals surface area contributed by atoms with E-state index >= 15 is 0 Å². The highest BCUT2D eigenvalue weighted by atomic mass is 32.2. The summed E-state index contributed by atoms with van der Waals surface area (Å²) in [6.45, 7) is 0. The van der Waals surface area contributed by atoms with Crippen LogP contribution in [0.25, 0.3) is 5.69 Å². The van der Waals surface area contributed by atoms with Crippen molar-refractivity contribution < 1.29 is 4.55 Å². The van der Waals surface area contributed by atoms with Crippen LogP contribution in [0.4, 0.5) is 0 Å². The Labute approximate surface area is 91.9 Å². The van der Waals surface area contributed by atoms with Crippen LogP contribution in [0.3, 0.4) is 0 Å². The third-order valence-corrected chi connectivity index (χ3v) is 2.71. The summed E-state index contributed by atoms with van der Waals surface area (Å²) in [5.41, 5.74) is 1.87. The monoisotopic (exact) mass is 219 g/mol. The van der Waals surface area contributed by atoms with Crippen molar-refractivity contribution in [3.05, 3.63) is 48.3 Å². The van der Waals surface area contributed by atoms with Gasteiger partial charge in [-0.15, -0.1) is 0 Å². The van der Waals surface area contributed by atoms with Gasteiger partial charge in [0, 0.05) is 18.0 Å². The van der Waals surface area contributed by atoms with Crippen LogP contribution in [-0.4, -0.2) is 20.6 Å². The molecule has 3 nitrogen and oxygen atoms in total. The summed E-state index contributed by atoms with van der Waals surface area (Å²) in [6.07, 6.45) is 5.28. The molecule has 1 radical (unpaired) electrons. The molecule has 2 aromatic rings. The van der Waals surface area contributed by atoms with Gasteiger partial charge in [0.2, 0.25) is 0 Å². The number of hydrogen-bond donors (Lipinski definition) is 0. The minimum Gasteiger partial charge on any atom is -0.616 e. The molecule has 0 aliphatic heterocycles. The predicted octanol–water partition coefficient (Wildman–Crippen LogP) is 1.55. The second kappa shape index (κ2) is 4.51. The van der Waals surface area contributed by atoms with E-state index in [0.717, 1.165) is 11.3 Å². The van der Waals surface area contributed by atoms with Crippen LogP contribution in [0.1, 0.15) is 5.56 Å². The van der Waals surface area contributed by atoms with Gasteiger partial charge in [0.15, 0.2) is 0 Å². The van der Waals surface area contributed by atoms with Gasteiger partial charge in [-0.25, -0.2) is 4.68 Å². The fourth-order valence-electron chi connectivity index (χ4n) is 1.41. The van der Waals surface area contributed by atoms with E-state index < -0.39 is 11.2 Å². The third-order valence-electron chi connectivity index (χ3n) is 2.02. The summed E-state index contributed by atoms with van der Waals surface area (Å²) in [5, 5.41) is 4.15. The lowest BCUT2D eigenvalue weighted by Gasteiger charge is -2.09. The second-order valence-corrected chi connectivity index (χ2v) is 4.64. The van der Waals surface area contributed by atoms with Gasteiger partial charge in [0.1, 0.15) is 5.75 Å². The minimum absolute atomic E-state index is 0.510. The molecule has 0 saturated heterocycles. The normalized spacial score (nSPS) is 12.7. The van der Waals surface area contributed by atoms with Crippen LogP contribution in [-0.2, 0) is 16.9 Å². The first-order chi connectivity index (χ1) is 7.27. The topological polar surface area (TPSA) is 40.9 Å². The van der Waals surface area contributed by atoms with E-state index in [0.29, 0.717) is 5.75 Å². The van der Waals surface area contributed by atoms with Gasteiger partial charge in [-0.05, 0) is 18.2 Å². The van der Waals surface area contributed by atoms with Crippen molar-refractivity contribution in [2.75, 3.05) is 6.26 Å². The van der Waals surface area contributed by atoms with E-state index in [4.69, 9.17) is 0 Å². The first-order valence-corrected chi connectivity index (χ1v) is 6.30. The highest BCUT2D eigenvalue weighted by Crippen LogP contribution is 2.15. The first kappa shape index (κ1) is 10.3. The van der Waals surface area contributed by atoms with Crippen molar-refractivity contribution in [3.63, 3.8) is 0 Å². The smallest absolute Gasteiger partial charge is 0.133 e. The Kier molecular flexibility index (Phi) is 3.08. The van der Waals surface area contributed by atoms with Crippen LogP contribution in [0.15, 0.2) is 36.7 Å². The minimum atomic E-state index is -0.861. The zero-order chi connectivity index (χ0) is 10.7. The van der Waals surface area contributed by atoms with Crippen LogP contribution < -0.4 is 0 Å². The fourth-order valence-corrected chi connectivity index (χ4v) is 2.05. The molecule has 2 rings (SSSR count). The molecule has 4 heteroatoms.